The predicted octanol–water partition coefficient (Wildman–Crippen LogP) is 1.25. The molecule has 1 aliphatic rings. The minimum atomic E-state index is -0.261. The van der Waals surface area contributed by atoms with Crippen LogP contribution in [0, 0.1) is 5.41 Å². The number of nitrogens with one attached hydrogen (secondary N) is 2. The summed E-state index contributed by atoms with van der Waals surface area (Å²) in [7, 11) is 1.66. The normalized spacial score (nSPS) is 22.1. The Bertz CT molecular complexity index is 438. The van der Waals surface area contributed by atoms with Gasteiger partial charge in [-0.25, -0.2) is 0 Å². The van der Waals surface area contributed by atoms with E-state index in [0.29, 0.717) is 13.2 Å². The Morgan fingerprint density at radius 3 is 3.15 bits per heavy atom. The highest BCUT2D eigenvalue weighted by Gasteiger charge is 2.40. The first-order chi connectivity index (χ1) is 9.70. The SMILES string of the molecule is CCCC1(C(=O)Nc2cnn(CCOC)c2)CCNC1. The van der Waals surface area contributed by atoms with Gasteiger partial charge in [-0.3, -0.25) is 9.48 Å². The first-order valence-corrected chi connectivity index (χ1v) is 7.24. The van der Waals surface area contributed by atoms with Crippen LogP contribution in [-0.2, 0) is 16.1 Å². The second kappa shape index (κ2) is 6.85. The summed E-state index contributed by atoms with van der Waals surface area (Å²) in [5, 5.41) is 10.5. The summed E-state index contributed by atoms with van der Waals surface area (Å²) in [5.41, 5.74) is 0.497. The maximum absolute atomic E-state index is 12.5. The van der Waals surface area contributed by atoms with E-state index in [9.17, 15) is 4.79 Å². The van der Waals surface area contributed by atoms with Gasteiger partial charge >= 0.3 is 0 Å². The lowest BCUT2D eigenvalue weighted by atomic mass is 9.81. The van der Waals surface area contributed by atoms with E-state index in [1.807, 2.05) is 6.20 Å². The average Bonchev–Trinajstić information content (AvgIpc) is 3.07. The number of aromatic nitrogens is 2. The highest BCUT2D eigenvalue weighted by molar-refractivity contribution is 5.95. The van der Waals surface area contributed by atoms with Crippen molar-refractivity contribution in [2.75, 3.05) is 32.1 Å². The lowest BCUT2D eigenvalue weighted by Crippen LogP contribution is -2.38. The molecule has 6 heteroatoms. The fraction of sp³-hybridized carbons (Fsp3) is 0.714. The van der Waals surface area contributed by atoms with Crippen molar-refractivity contribution in [3.8, 4) is 0 Å². The molecule has 1 aromatic rings. The number of amides is 1. The van der Waals surface area contributed by atoms with Crippen LogP contribution >= 0.6 is 0 Å². The molecule has 0 aromatic carbocycles. The Labute approximate surface area is 119 Å². The van der Waals surface area contributed by atoms with Gasteiger partial charge in [0, 0.05) is 19.9 Å². The highest BCUT2D eigenvalue weighted by atomic mass is 16.5. The number of rotatable bonds is 7. The van der Waals surface area contributed by atoms with Gasteiger partial charge in [-0.1, -0.05) is 13.3 Å². The molecule has 1 aromatic heterocycles. The van der Waals surface area contributed by atoms with E-state index in [0.717, 1.165) is 38.0 Å². The molecule has 2 heterocycles. The summed E-state index contributed by atoms with van der Waals surface area (Å²) in [6.45, 7) is 5.11. The zero-order valence-electron chi connectivity index (χ0n) is 12.3. The quantitative estimate of drug-likeness (QED) is 0.788. The van der Waals surface area contributed by atoms with Gasteiger partial charge in [-0.05, 0) is 19.4 Å². The fourth-order valence-corrected chi connectivity index (χ4v) is 2.74. The van der Waals surface area contributed by atoms with Gasteiger partial charge in [0.1, 0.15) is 0 Å². The number of methoxy groups -OCH3 is 1. The topological polar surface area (TPSA) is 68.2 Å². The van der Waals surface area contributed by atoms with Crippen LogP contribution in [0.3, 0.4) is 0 Å². The summed E-state index contributed by atoms with van der Waals surface area (Å²) < 4.78 is 6.79. The van der Waals surface area contributed by atoms with E-state index in [1.54, 1.807) is 18.0 Å². The number of carbonyl (C=O) groups excluding carboxylic acids is 1. The fourth-order valence-electron chi connectivity index (χ4n) is 2.74. The summed E-state index contributed by atoms with van der Waals surface area (Å²) in [5.74, 6) is 0.107. The van der Waals surface area contributed by atoms with Gasteiger partial charge in [-0.15, -0.1) is 0 Å². The molecule has 0 saturated carbocycles. The van der Waals surface area contributed by atoms with Crippen LogP contribution in [0.15, 0.2) is 12.4 Å². The minimum absolute atomic E-state index is 0.107. The lowest BCUT2D eigenvalue weighted by Gasteiger charge is -2.26. The Morgan fingerprint density at radius 1 is 1.65 bits per heavy atom. The average molecular weight is 280 g/mol. The second-order valence-electron chi connectivity index (χ2n) is 5.40. The van der Waals surface area contributed by atoms with Crippen LogP contribution in [0.4, 0.5) is 5.69 Å². The zero-order chi connectivity index (χ0) is 14.4. The van der Waals surface area contributed by atoms with E-state index in [-0.39, 0.29) is 11.3 Å². The third-order valence-corrected chi connectivity index (χ3v) is 3.87. The molecule has 1 atom stereocenters. The third kappa shape index (κ3) is 3.37. The van der Waals surface area contributed by atoms with Crippen LogP contribution in [-0.4, -0.2) is 42.5 Å². The van der Waals surface area contributed by atoms with Crippen LogP contribution in [0.5, 0.6) is 0 Å². The molecule has 1 fully saturated rings. The molecule has 1 saturated heterocycles. The summed E-state index contributed by atoms with van der Waals surface area (Å²) in [6.07, 6.45) is 6.38. The summed E-state index contributed by atoms with van der Waals surface area (Å²) in [4.78, 5) is 12.5. The Balaban J connectivity index is 1.97. The van der Waals surface area contributed by atoms with Gasteiger partial charge in [0.05, 0.1) is 30.5 Å². The number of nitrogens with zero attached hydrogens (tertiary/aromatic N) is 2. The molecular weight excluding hydrogens is 256 g/mol. The molecule has 2 rings (SSSR count). The smallest absolute Gasteiger partial charge is 0.232 e. The largest absolute Gasteiger partial charge is 0.383 e. The molecule has 1 unspecified atom stereocenters. The van der Waals surface area contributed by atoms with Crippen molar-refractivity contribution in [2.45, 2.75) is 32.7 Å². The highest BCUT2D eigenvalue weighted by Crippen LogP contribution is 2.32. The standard InChI is InChI=1S/C14H24N4O2/c1-3-4-14(5-6-15-11-14)13(19)17-12-9-16-18(10-12)7-8-20-2/h9-10,15H,3-8,11H2,1-2H3,(H,17,19). The summed E-state index contributed by atoms with van der Waals surface area (Å²) in [6, 6.07) is 0. The van der Waals surface area contributed by atoms with Crippen molar-refractivity contribution in [2.24, 2.45) is 5.41 Å². The maximum atomic E-state index is 12.5. The van der Waals surface area contributed by atoms with Crippen molar-refractivity contribution >= 4 is 11.6 Å². The number of anilines is 1. The first-order valence-electron chi connectivity index (χ1n) is 7.24. The minimum Gasteiger partial charge on any atom is -0.383 e. The Kier molecular flexibility index (Phi) is 5.14. The van der Waals surface area contributed by atoms with E-state index in [2.05, 4.69) is 22.7 Å². The lowest BCUT2D eigenvalue weighted by molar-refractivity contribution is -0.125. The van der Waals surface area contributed by atoms with Gasteiger partial charge in [0.2, 0.25) is 5.91 Å². The van der Waals surface area contributed by atoms with Crippen molar-refractivity contribution in [3.05, 3.63) is 12.4 Å². The first kappa shape index (κ1) is 15.0. The van der Waals surface area contributed by atoms with Crippen molar-refractivity contribution in [1.29, 1.82) is 0 Å². The molecule has 0 spiro atoms. The van der Waals surface area contributed by atoms with Gasteiger partial charge in [0.15, 0.2) is 0 Å². The van der Waals surface area contributed by atoms with Gasteiger partial charge < -0.3 is 15.4 Å². The number of ether oxygens (including phenoxy) is 1. The molecule has 0 radical (unpaired) electrons. The molecule has 112 valence electrons. The van der Waals surface area contributed by atoms with Crippen molar-refractivity contribution < 1.29 is 9.53 Å². The molecule has 6 nitrogen and oxygen atoms in total. The molecule has 0 bridgehead atoms. The number of hydrogen-bond acceptors (Lipinski definition) is 4. The zero-order valence-corrected chi connectivity index (χ0v) is 12.3. The molecule has 1 amide bonds. The Morgan fingerprint density at radius 2 is 2.50 bits per heavy atom. The molecule has 2 N–H and O–H groups in total. The van der Waals surface area contributed by atoms with Crippen LogP contribution in [0.1, 0.15) is 26.2 Å². The molecular formula is C14H24N4O2. The van der Waals surface area contributed by atoms with E-state index in [4.69, 9.17) is 4.74 Å². The number of hydrogen-bond donors (Lipinski definition) is 2. The van der Waals surface area contributed by atoms with Crippen LogP contribution in [0.25, 0.3) is 0 Å². The third-order valence-electron chi connectivity index (χ3n) is 3.87. The molecule has 0 aliphatic carbocycles. The monoisotopic (exact) mass is 280 g/mol. The van der Waals surface area contributed by atoms with E-state index >= 15 is 0 Å². The van der Waals surface area contributed by atoms with Crippen molar-refractivity contribution in [3.63, 3.8) is 0 Å². The van der Waals surface area contributed by atoms with Crippen molar-refractivity contribution in [1.82, 2.24) is 15.1 Å². The summed E-state index contributed by atoms with van der Waals surface area (Å²) >= 11 is 0. The van der Waals surface area contributed by atoms with Crippen LogP contribution < -0.4 is 10.6 Å². The molecule has 20 heavy (non-hydrogen) atoms. The van der Waals surface area contributed by atoms with Crippen LogP contribution in [0.2, 0.25) is 0 Å². The van der Waals surface area contributed by atoms with Gasteiger partial charge in [-0.2, -0.15) is 5.10 Å². The van der Waals surface area contributed by atoms with E-state index in [1.165, 1.54) is 0 Å². The predicted molar refractivity (Wildman–Crippen MR) is 77.6 cm³/mol. The Hall–Kier alpha value is -1.40. The maximum Gasteiger partial charge on any atom is 0.232 e. The number of carbonyl (C=O) groups is 1. The molecule has 1 aliphatic heterocycles. The van der Waals surface area contributed by atoms with Gasteiger partial charge in [0.25, 0.3) is 0 Å². The second-order valence-corrected chi connectivity index (χ2v) is 5.40. The van der Waals surface area contributed by atoms with E-state index < -0.39 is 0 Å².